The van der Waals surface area contributed by atoms with Crippen molar-refractivity contribution in [3.8, 4) is 17.6 Å². The molecule has 3 N–H and O–H groups in total. The summed E-state index contributed by atoms with van der Waals surface area (Å²) in [5.41, 5.74) is 0.387. The van der Waals surface area contributed by atoms with Gasteiger partial charge in [0.05, 0.1) is 12.2 Å². The predicted octanol–water partition coefficient (Wildman–Crippen LogP) is 0.620. The molecule has 1 saturated carbocycles. The molecule has 2 aliphatic rings. The molecular formula is C24H31NaO5. The molecule has 1 aliphatic carbocycles. The minimum atomic E-state index is -0.844. The van der Waals surface area contributed by atoms with E-state index in [1.54, 1.807) is 13.0 Å². The SMILES string of the molecule is CC#CCC(C)[C@H](O)/C=C/[C@@]1(CCCC(=O)O)[C@H](O)C[C@@H]2Oc3ccccc3[C@@H]21.[H-].[Na+]. The Kier molecular flexibility index (Phi) is 9.02. The average molecular weight is 422 g/mol. The smallest absolute Gasteiger partial charge is 1.00 e. The Morgan fingerprint density at radius 3 is 2.87 bits per heavy atom. The first kappa shape index (κ1) is 25.0. The number of fused-ring (bicyclic) bond motifs is 3. The molecule has 1 aromatic carbocycles. The molecule has 0 spiro atoms. The summed E-state index contributed by atoms with van der Waals surface area (Å²) in [6.07, 6.45) is 4.31. The van der Waals surface area contributed by atoms with Gasteiger partial charge in [-0.1, -0.05) is 37.3 Å². The third kappa shape index (κ3) is 5.12. The Morgan fingerprint density at radius 1 is 1.43 bits per heavy atom. The topological polar surface area (TPSA) is 87.0 Å². The van der Waals surface area contributed by atoms with Crippen LogP contribution in [0, 0.1) is 23.2 Å². The van der Waals surface area contributed by atoms with Crippen LogP contribution in [0.15, 0.2) is 36.4 Å². The maximum absolute atomic E-state index is 11.1. The number of ether oxygens (including phenoxy) is 1. The maximum atomic E-state index is 11.1. The number of para-hydroxylation sites is 1. The second-order valence-electron chi connectivity index (χ2n) is 8.24. The van der Waals surface area contributed by atoms with Gasteiger partial charge in [0.2, 0.25) is 0 Å². The molecule has 6 heteroatoms. The molecule has 0 aromatic heterocycles. The zero-order valence-electron chi connectivity index (χ0n) is 19.0. The monoisotopic (exact) mass is 422 g/mol. The predicted molar refractivity (Wildman–Crippen MR) is 112 cm³/mol. The summed E-state index contributed by atoms with van der Waals surface area (Å²) in [5.74, 6) is 5.74. The van der Waals surface area contributed by atoms with E-state index in [9.17, 15) is 15.0 Å². The summed E-state index contributed by atoms with van der Waals surface area (Å²) in [6.45, 7) is 3.72. The van der Waals surface area contributed by atoms with Gasteiger partial charge in [0.1, 0.15) is 11.9 Å². The molecule has 1 aromatic rings. The van der Waals surface area contributed by atoms with Crippen LogP contribution in [-0.2, 0) is 4.79 Å². The van der Waals surface area contributed by atoms with E-state index in [0.717, 1.165) is 11.3 Å². The van der Waals surface area contributed by atoms with E-state index in [0.29, 0.717) is 25.7 Å². The molecule has 0 amide bonds. The van der Waals surface area contributed by atoms with E-state index in [1.165, 1.54) is 0 Å². The molecule has 1 unspecified atom stereocenters. The van der Waals surface area contributed by atoms with Crippen LogP contribution in [0.25, 0.3) is 0 Å². The third-order valence-corrected chi connectivity index (χ3v) is 6.35. The molecule has 1 aliphatic heterocycles. The second kappa shape index (κ2) is 10.8. The fraction of sp³-hybridized carbons (Fsp3) is 0.542. The van der Waals surface area contributed by atoms with Crippen molar-refractivity contribution in [3.63, 3.8) is 0 Å². The fourth-order valence-corrected chi connectivity index (χ4v) is 4.76. The molecule has 6 atom stereocenters. The minimum Gasteiger partial charge on any atom is -1.00 e. The van der Waals surface area contributed by atoms with Gasteiger partial charge in [0.25, 0.3) is 0 Å². The Bertz CT molecular complexity index is 833. The van der Waals surface area contributed by atoms with Crippen molar-refractivity contribution < 1.29 is 55.8 Å². The number of carboxylic acid groups (broad SMARTS) is 1. The number of benzene rings is 1. The van der Waals surface area contributed by atoms with Gasteiger partial charge in [-0.2, -0.15) is 0 Å². The number of aliphatic hydroxyl groups is 2. The molecular weight excluding hydrogens is 391 g/mol. The fourth-order valence-electron chi connectivity index (χ4n) is 4.76. The number of hydrogen-bond donors (Lipinski definition) is 3. The van der Waals surface area contributed by atoms with Gasteiger partial charge in [-0.25, -0.2) is 0 Å². The summed E-state index contributed by atoms with van der Waals surface area (Å²) in [6, 6.07) is 7.85. The van der Waals surface area contributed by atoms with Gasteiger partial charge in [0.15, 0.2) is 0 Å². The molecule has 0 radical (unpaired) electrons. The standard InChI is InChI=1S/C24H30O5.Na.H/c1-3-4-8-16(2)18(25)12-14-24(13-7-11-22(27)28)21(26)15-20-23(24)17-9-5-6-10-19(17)29-20;;/h5-6,9-10,12,14,16,18,20-21,23,25-26H,7-8,11,13,15H2,1-2H3,(H,27,28);;/q;+1;-1/b14-12+;;/t16?,18-,20+,21-,23+,24+;;/m1../s1. The van der Waals surface area contributed by atoms with Crippen molar-refractivity contribution in [2.24, 2.45) is 11.3 Å². The minimum absolute atomic E-state index is 0. The Hall–Kier alpha value is -1.29. The van der Waals surface area contributed by atoms with Crippen LogP contribution >= 0.6 is 0 Å². The van der Waals surface area contributed by atoms with E-state index in [1.807, 2.05) is 37.3 Å². The number of aliphatic hydroxyl groups excluding tert-OH is 2. The summed E-state index contributed by atoms with van der Waals surface area (Å²) >= 11 is 0. The van der Waals surface area contributed by atoms with Crippen LogP contribution in [-0.4, -0.2) is 39.6 Å². The zero-order chi connectivity index (χ0) is 21.0. The number of rotatable bonds is 8. The van der Waals surface area contributed by atoms with Gasteiger partial charge in [0, 0.05) is 36.2 Å². The average Bonchev–Trinajstić information content (AvgIpc) is 3.18. The Labute approximate surface area is 202 Å². The zero-order valence-corrected chi connectivity index (χ0v) is 20.0. The van der Waals surface area contributed by atoms with E-state index in [-0.39, 0.29) is 55.3 Å². The first-order valence-corrected chi connectivity index (χ1v) is 10.3. The quantitative estimate of drug-likeness (QED) is 0.325. The molecule has 0 saturated heterocycles. The Balaban J connectivity index is 0.00000240. The molecule has 5 nitrogen and oxygen atoms in total. The van der Waals surface area contributed by atoms with Crippen LogP contribution in [0.5, 0.6) is 5.75 Å². The number of aliphatic carboxylic acids is 1. The summed E-state index contributed by atoms with van der Waals surface area (Å²) in [5, 5.41) is 30.7. The number of carboxylic acids is 1. The van der Waals surface area contributed by atoms with Gasteiger partial charge in [-0.15, -0.1) is 11.8 Å². The normalized spacial score (nSPS) is 28.5. The van der Waals surface area contributed by atoms with Gasteiger partial charge in [-0.3, -0.25) is 4.79 Å². The van der Waals surface area contributed by atoms with Gasteiger partial charge in [-0.05, 0) is 31.7 Å². The van der Waals surface area contributed by atoms with Crippen molar-refractivity contribution in [1.82, 2.24) is 0 Å². The van der Waals surface area contributed by atoms with Crippen LogP contribution in [0.4, 0.5) is 0 Å². The molecule has 158 valence electrons. The van der Waals surface area contributed by atoms with E-state index in [4.69, 9.17) is 9.84 Å². The largest absolute Gasteiger partial charge is 1.00 e. The van der Waals surface area contributed by atoms with Crippen molar-refractivity contribution in [1.29, 1.82) is 0 Å². The number of hydrogen-bond acceptors (Lipinski definition) is 4. The van der Waals surface area contributed by atoms with E-state index < -0.39 is 23.6 Å². The molecule has 30 heavy (non-hydrogen) atoms. The Morgan fingerprint density at radius 2 is 2.17 bits per heavy atom. The van der Waals surface area contributed by atoms with Gasteiger partial charge >= 0.3 is 35.5 Å². The molecule has 1 heterocycles. The molecule has 0 bridgehead atoms. The van der Waals surface area contributed by atoms with Crippen LogP contribution in [0.2, 0.25) is 0 Å². The first-order valence-electron chi connectivity index (χ1n) is 10.3. The summed E-state index contributed by atoms with van der Waals surface area (Å²) < 4.78 is 6.10. The molecule has 3 rings (SSSR count). The second-order valence-corrected chi connectivity index (χ2v) is 8.24. The maximum Gasteiger partial charge on any atom is 1.00 e. The van der Waals surface area contributed by atoms with Crippen molar-refractivity contribution in [2.45, 2.75) is 70.2 Å². The van der Waals surface area contributed by atoms with Crippen molar-refractivity contribution in [2.75, 3.05) is 0 Å². The van der Waals surface area contributed by atoms with Crippen LogP contribution in [0.3, 0.4) is 0 Å². The first-order chi connectivity index (χ1) is 13.9. The van der Waals surface area contributed by atoms with Crippen molar-refractivity contribution in [3.05, 3.63) is 42.0 Å². The van der Waals surface area contributed by atoms with Gasteiger partial charge < -0.3 is 21.5 Å². The van der Waals surface area contributed by atoms with Crippen molar-refractivity contribution >= 4 is 5.97 Å². The third-order valence-electron chi connectivity index (χ3n) is 6.35. The van der Waals surface area contributed by atoms with Crippen LogP contribution in [0.1, 0.15) is 58.9 Å². The summed E-state index contributed by atoms with van der Waals surface area (Å²) in [4.78, 5) is 11.1. The number of carbonyl (C=O) groups is 1. The van der Waals surface area contributed by atoms with E-state index >= 15 is 0 Å². The van der Waals surface area contributed by atoms with E-state index in [2.05, 4.69) is 11.8 Å². The molecule has 1 fully saturated rings. The van der Waals surface area contributed by atoms with Crippen LogP contribution < -0.4 is 34.3 Å². The summed E-state index contributed by atoms with van der Waals surface area (Å²) in [7, 11) is 0.